The molecule has 0 saturated carbocycles. The molecular formula is C24H24N4. The average Bonchev–Trinajstić information content (AvgIpc) is 3.22. The van der Waals surface area contributed by atoms with E-state index in [0.717, 1.165) is 29.3 Å². The first-order valence-corrected chi connectivity index (χ1v) is 9.48. The predicted molar refractivity (Wildman–Crippen MR) is 115 cm³/mol. The van der Waals surface area contributed by atoms with Gasteiger partial charge in [-0.2, -0.15) is 5.10 Å². The number of para-hydroxylation sites is 1. The van der Waals surface area contributed by atoms with E-state index in [1.807, 2.05) is 54.2 Å². The van der Waals surface area contributed by atoms with Crippen LogP contribution in [0.15, 0.2) is 77.8 Å². The summed E-state index contributed by atoms with van der Waals surface area (Å²) in [6, 6.07) is 24.8. The van der Waals surface area contributed by atoms with Crippen molar-refractivity contribution in [3.8, 4) is 5.69 Å². The van der Waals surface area contributed by atoms with E-state index in [4.69, 9.17) is 4.99 Å². The zero-order valence-corrected chi connectivity index (χ0v) is 16.5. The first-order chi connectivity index (χ1) is 13.6. The van der Waals surface area contributed by atoms with Crippen LogP contribution >= 0.6 is 0 Å². The van der Waals surface area contributed by atoms with Crippen molar-refractivity contribution in [2.75, 3.05) is 0 Å². The molecule has 0 bridgehead atoms. The topological polar surface area (TPSA) is 35.1 Å². The summed E-state index contributed by atoms with van der Waals surface area (Å²) in [5.41, 5.74) is 6.84. The molecule has 2 heterocycles. The highest BCUT2D eigenvalue weighted by molar-refractivity contribution is 5.83. The van der Waals surface area contributed by atoms with Crippen LogP contribution in [0, 0.1) is 20.8 Å². The summed E-state index contributed by atoms with van der Waals surface area (Å²) >= 11 is 0. The van der Waals surface area contributed by atoms with Crippen LogP contribution in [-0.2, 0) is 6.54 Å². The van der Waals surface area contributed by atoms with Gasteiger partial charge in [0.05, 0.1) is 11.4 Å². The number of benzene rings is 2. The van der Waals surface area contributed by atoms with Gasteiger partial charge in [-0.15, -0.1) is 0 Å². The van der Waals surface area contributed by atoms with Gasteiger partial charge in [0.2, 0.25) is 0 Å². The van der Waals surface area contributed by atoms with Gasteiger partial charge in [-0.3, -0.25) is 0 Å². The molecule has 0 aliphatic heterocycles. The van der Waals surface area contributed by atoms with E-state index < -0.39 is 0 Å². The molecule has 140 valence electrons. The Labute approximate surface area is 165 Å². The molecule has 0 spiro atoms. The molecule has 0 atom stereocenters. The fraction of sp³-hybridized carbons (Fsp3) is 0.167. The van der Waals surface area contributed by atoms with Gasteiger partial charge in [0.15, 0.2) is 5.82 Å². The highest BCUT2D eigenvalue weighted by atomic mass is 15.3. The maximum atomic E-state index is 4.76. The first kappa shape index (κ1) is 18.0. The standard InChI is InChI=1S/C24H24N4/c1-18-14-24(28(26-18)23-12-8-5-9-13-23)25-16-22-15-19(2)27(20(22)3)17-21-10-6-4-7-11-21/h4-16H,17H2,1-3H3/b25-16+. The van der Waals surface area contributed by atoms with Crippen molar-refractivity contribution in [1.82, 2.24) is 14.3 Å². The van der Waals surface area contributed by atoms with Gasteiger partial charge < -0.3 is 4.57 Å². The van der Waals surface area contributed by atoms with Crippen molar-refractivity contribution in [2.24, 2.45) is 4.99 Å². The van der Waals surface area contributed by atoms with E-state index in [-0.39, 0.29) is 0 Å². The third-order valence-electron chi connectivity index (χ3n) is 4.95. The maximum absolute atomic E-state index is 4.76. The van der Waals surface area contributed by atoms with E-state index in [1.54, 1.807) is 0 Å². The second-order valence-corrected chi connectivity index (χ2v) is 7.05. The number of aliphatic imine (C=N–C) groups is 1. The Hall–Kier alpha value is -3.40. The van der Waals surface area contributed by atoms with E-state index in [0.29, 0.717) is 0 Å². The van der Waals surface area contributed by atoms with Gasteiger partial charge in [-0.05, 0) is 44.5 Å². The monoisotopic (exact) mass is 368 g/mol. The third kappa shape index (κ3) is 3.67. The number of rotatable bonds is 5. The predicted octanol–water partition coefficient (Wildman–Crippen LogP) is 5.40. The molecule has 4 rings (SSSR count). The van der Waals surface area contributed by atoms with Gasteiger partial charge in [0, 0.05) is 35.8 Å². The lowest BCUT2D eigenvalue weighted by atomic mass is 10.2. The Morgan fingerprint density at radius 2 is 1.57 bits per heavy atom. The van der Waals surface area contributed by atoms with E-state index >= 15 is 0 Å². The summed E-state index contributed by atoms with van der Waals surface area (Å²) in [5, 5.41) is 4.59. The minimum absolute atomic E-state index is 0.830. The maximum Gasteiger partial charge on any atom is 0.155 e. The van der Waals surface area contributed by atoms with Crippen molar-refractivity contribution >= 4 is 12.0 Å². The van der Waals surface area contributed by atoms with Crippen LogP contribution in [0.4, 0.5) is 5.82 Å². The number of hydrogen-bond acceptors (Lipinski definition) is 2. The zero-order chi connectivity index (χ0) is 19.5. The molecule has 2 aromatic carbocycles. The van der Waals surface area contributed by atoms with E-state index in [2.05, 4.69) is 59.9 Å². The second kappa shape index (κ2) is 7.69. The van der Waals surface area contributed by atoms with E-state index in [9.17, 15) is 0 Å². The molecule has 4 nitrogen and oxygen atoms in total. The highest BCUT2D eigenvalue weighted by Gasteiger charge is 2.10. The third-order valence-corrected chi connectivity index (χ3v) is 4.95. The summed E-state index contributed by atoms with van der Waals surface area (Å²) in [6.45, 7) is 7.15. The summed E-state index contributed by atoms with van der Waals surface area (Å²) in [7, 11) is 0. The molecule has 0 aliphatic rings. The Balaban J connectivity index is 1.64. The fourth-order valence-corrected chi connectivity index (χ4v) is 3.44. The zero-order valence-electron chi connectivity index (χ0n) is 16.5. The van der Waals surface area contributed by atoms with Crippen molar-refractivity contribution in [3.05, 3.63) is 101 Å². The summed E-state index contributed by atoms with van der Waals surface area (Å²) in [6.07, 6.45) is 1.94. The number of hydrogen-bond donors (Lipinski definition) is 0. The lowest BCUT2D eigenvalue weighted by molar-refractivity contribution is 0.749. The molecule has 4 aromatic rings. The SMILES string of the molecule is Cc1cc(/N=C/c2cc(C)n(Cc3ccccc3)c2C)n(-c2ccccc2)n1. The molecule has 0 aliphatic carbocycles. The van der Waals surface area contributed by atoms with Crippen LogP contribution < -0.4 is 0 Å². The normalized spacial score (nSPS) is 11.4. The van der Waals surface area contributed by atoms with Crippen LogP contribution in [0.3, 0.4) is 0 Å². The van der Waals surface area contributed by atoms with Crippen molar-refractivity contribution in [1.29, 1.82) is 0 Å². The number of aromatic nitrogens is 3. The minimum Gasteiger partial charge on any atom is -0.344 e. The summed E-state index contributed by atoms with van der Waals surface area (Å²) in [5.74, 6) is 0.830. The van der Waals surface area contributed by atoms with Gasteiger partial charge >= 0.3 is 0 Å². The largest absolute Gasteiger partial charge is 0.344 e. The Morgan fingerprint density at radius 1 is 0.893 bits per heavy atom. The minimum atomic E-state index is 0.830. The van der Waals surface area contributed by atoms with E-state index in [1.165, 1.54) is 17.0 Å². The molecule has 4 heteroatoms. The Morgan fingerprint density at radius 3 is 2.29 bits per heavy atom. The highest BCUT2D eigenvalue weighted by Crippen LogP contribution is 2.21. The van der Waals surface area contributed by atoms with Crippen molar-refractivity contribution < 1.29 is 0 Å². The van der Waals surface area contributed by atoms with Crippen LogP contribution in [0.5, 0.6) is 0 Å². The summed E-state index contributed by atoms with van der Waals surface area (Å²) in [4.78, 5) is 4.76. The quantitative estimate of drug-likeness (QED) is 0.435. The lowest BCUT2D eigenvalue weighted by Gasteiger charge is -2.09. The molecule has 28 heavy (non-hydrogen) atoms. The lowest BCUT2D eigenvalue weighted by Crippen LogP contribution is -2.04. The number of aryl methyl sites for hydroxylation is 2. The Kier molecular flexibility index (Phi) is 4.94. The number of nitrogens with zero attached hydrogens (tertiary/aromatic N) is 4. The summed E-state index contributed by atoms with van der Waals surface area (Å²) < 4.78 is 4.21. The Bertz CT molecular complexity index is 1100. The molecule has 0 amide bonds. The molecule has 0 fully saturated rings. The first-order valence-electron chi connectivity index (χ1n) is 9.48. The van der Waals surface area contributed by atoms with Crippen molar-refractivity contribution in [2.45, 2.75) is 27.3 Å². The van der Waals surface area contributed by atoms with Gasteiger partial charge in [0.25, 0.3) is 0 Å². The average molecular weight is 368 g/mol. The fourth-order valence-electron chi connectivity index (χ4n) is 3.44. The van der Waals surface area contributed by atoms with Crippen LogP contribution in [0.25, 0.3) is 5.69 Å². The van der Waals surface area contributed by atoms with Gasteiger partial charge in [-0.25, -0.2) is 9.67 Å². The molecule has 0 radical (unpaired) electrons. The smallest absolute Gasteiger partial charge is 0.155 e. The molecular weight excluding hydrogens is 344 g/mol. The van der Waals surface area contributed by atoms with Gasteiger partial charge in [-0.1, -0.05) is 48.5 Å². The molecule has 0 unspecified atom stereocenters. The second-order valence-electron chi connectivity index (χ2n) is 7.05. The molecule has 0 saturated heterocycles. The van der Waals surface area contributed by atoms with Crippen LogP contribution in [-0.4, -0.2) is 20.6 Å². The van der Waals surface area contributed by atoms with Crippen LogP contribution in [0.1, 0.15) is 28.2 Å². The van der Waals surface area contributed by atoms with Gasteiger partial charge in [0.1, 0.15) is 0 Å². The van der Waals surface area contributed by atoms with Crippen molar-refractivity contribution in [3.63, 3.8) is 0 Å². The molecule has 2 aromatic heterocycles. The van der Waals surface area contributed by atoms with Crippen LogP contribution in [0.2, 0.25) is 0 Å². The molecule has 0 N–H and O–H groups in total.